The molecule has 1 N–H and O–H groups in total. The summed E-state index contributed by atoms with van der Waals surface area (Å²) in [6.45, 7) is 6.38. The summed E-state index contributed by atoms with van der Waals surface area (Å²) in [5, 5.41) is 8.53. The van der Waals surface area contributed by atoms with E-state index in [9.17, 15) is 9.59 Å². The van der Waals surface area contributed by atoms with Crippen molar-refractivity contribution in [3.8, 4) is 0 Å². The lowest BCUT2D eigenvalue weighted by Gasteiger charge is -2.30. The maximum atomic E-state index is 12.1. The molecule has 8 heteroatoms. The van der Waals surface area contributed by atoms with E-state index in [1.54, 1.807) is 4.90 Å². The molecule has 0 aromatic rings. The molecule has 0 saturated carbocycles. The van der Waals surface area contributed by atoms with Gasteiger partial charge in [0.25, 0.3) is 0 Å². The molecule has 1 saturated heterocycles. The lowest BCUT2D eigenvalue weighted by molar-refractivity contribution is -0.177. The Labute approximate surface area is 143 Å². The SMILES string of the molecule is CCCN(CCC)C(=O)COCC1COCC(COCC(=O)O)O1. The fourth-order valence-corrected chi connectivity index (χ4v) is 2.40. The summed E-state index contributed by atoms with van der Waals surface area (Å²) in [4.78, 5) is 24.3. The van der Waals surface area contributed by atoms with Crippen LogP contribution in [0.2, 0.25) is 0 Å². The molecule has 8 nitrogen and oxygen atoms in total. The molecule has 1 heterocycles. The number of nitrogens with zero attached hydrogens (tertiary/aromatic N) is 1. The second-order valence-electron chi connectivity index (χ2n) is 5.72. The predicted octanol–water partition coefficient (Wildman–Crippen LogP) is 0.537. The van der Waals surface area contributed by atoms with Gasteiger partial charge in [-0.15, -0.1) is 0 Å². The molecule has 1 aliphatic rings. The largest absolute Gasteiger partial charge is 0.480 e. The van der Waals surface area contributed by atoms with Gasteiger partial charge in [-0.25, -0.2) is 4.79 Å². The van der Waals surface area contributed by atoms with Crippen LogP contribution in [0, 0.1) is 0 Å². The number of hydrogen-bond donors (Lipinski definition) is 1. The average Bonchev–Trinajstić information content (AvgIpc) is 2.54. The Morgan fingerprint density at radius 3 is 2.08 bits per heavy atom. The number of aliphatic carboxylic acids is 1. The molecule has 2 atom stereocenters. The molecule has 1 amide bonds. The molecule has 0 aromatic heterocycles. The Morgan fingerprint density at radius 1 is 1.04 bits per heavy atom. The fraction of sp³-hybridized carbons (Fsp3) is 0.875. The van der Waals surface area contributed by atoms with Crippen LogP contribution in [0.3, 0.4) is 0 Å². The highest BCUT2D eigenvalue weighted by Crippen LogP contribution is 2.09. The highest BCUT2D eigenvalue weighted by molar-refractivity contribution is 5.77. The van der Waals surface area contributed by atoms with Crippen molar-refractivity contribution in [2.75, 3.05) is 52.7 Å². The quantitative estimate of drug-likeness (QED) is 0.550. The average molecular weight is 347 g/mol. The van der Waals surface area contributed by atoms with Crippen LogP contribution in [0.1, 0.15) is 26.7 Å². The van der Waals surface area contributed by atoms with Gasteiger partial charge in [0.05, 0.1) is 26.4 Å². The Bertz CT molecular complexity index is 371. The van der Waals surface area contributed by atoms with Crippen molar-refractivity contribution in [2.24, 2.45) is 0 Å². The molecule has 2 unspecified atom stereocenters. The van der Waals surface area contributed by atoms with Gasteiger partial charge in [-0.05, 0) is 12.8 Å². The lowest BCUT2D eigenvalue weighted by atomic mass is 10.3. The number of rotatable bonds is 12. The number of carbonyl (C=O) groups is 2. The third-order valence-corrected chi connectivity index (χ3v) is 3.39. The zero-order chi connectivity index (χ0) is 17.8. The van der Waals surface area contributed by atoms with Gasteiger partial charge in [-0.2, -0.15) is 0 Å². The number of hydrogen-bond acceptors (Lipinski definition) is 6. The van der Waals surface area contributed by atoms with Gasteiger partial charge < -0.3 is 29.0 Å². The van der Waals surface area contributed by atoms with Crippen molar-refractivity contribution < 1.29 is 33.6 Å². The minimum absolute atomic E-state index is 0.0169. The van der Waals surface area contributed by atoms with Crippen molar-refractivity contribution in [3.05, 3.63) is 0 Å². The Hall–Kier alpha value is -1.22. The van der Waals surface area contributed by atoms with Gasteiger partial charge >= 0.3 is 5.97 Å². The van der Waals surface area contributed by atoms with Gasteiger partial charge in [-0.1, -0.05) is 13.8 Å². The fourth-order valence-electron chi connectivity index (χ4n) is 2.40. The standard InChI is InChI=1S/C16H29NO7/c1-3-5-17(6-4-2)15(18)11-22-9-13-7-21-8-14(24-13)10-23-12-16(19)20/h13-14H,3-12H2,1-2H3,(H,19,20). The molecular weight excluding hydrogens is 318 g/mol. The van der Waals surface area contributed by atoms with Gasteiger partial charge in [0.2, 0.25) is 5.91 Å². The van der Waals surface area contributed by atoms with Crippen LogP contribution < -0.4 is 0 Å². The first-order valence-electron chi connectivity index (χ1n) is 8.45. The van der Waals surface area contributed by atoms with Crippen LogP contribution in [-0.2, 0) is 28.5 Å². The zero-order valence-electron chi connectivity index (χ0n) is 14.6. The van der Waals surface area contributed by atoms with E-state index >= 15 is 0 Å². The molecule has 1 rings (SSSR count). The Balaban J connectivity index is 2.23. The Kier molecular flexibility index (Phi) is 10.6. The number of carboxylic acid groups (broad SMARTS) is 1. The molecule has 24 heavy (non-hydrogen) atoms. The first-order valence-corrected chi connectivity index (χ1v) is 8.45. The summed E-state index contributed by atoms with van der Waals surface area (Å²) in [7, 11) is 0. The monoisotopic (exact) mass is 347 g/mol. The summed E-state index contributed by atoms with van der Waals surface area (Å²) >= 11 is 0. The molecule has 0 spiro atoms. The van der Waals surface area contributed by atoms with E-state index in [-0.39, 0.29) is 44.5 Å². The second kappa shape index (κ2) is 12.2. The van der Waals surface area contributed by atoms with E-state index in [4.69, 9.17) is 24.1 Å². The molecule has 140 valence electrons. The summed E-state index contributed by atoms with van der Waals surface area (Å²) in [5.74, 6) is -1.04. The molecular formula is C16H29NO7. The molecule has 0 radical (unpaired) electrons. The van der Waals surface area contributed by atoms with Gasteiger partial charge in [0, 0.05) is 13.1 Å². The number of ether oxygens (including phenoxy) is 4. The molecule has 0 bridgehead atoms. The predicted molar refractivity (Wildman–Crippen MR) is 85.9 cm³/mol. The third-order valence-electron chi connectivity index (χ3n) is 3.39. The van der Waals surface area contributed by atoms with Crippen LogP contribution in [0.15, 0.2) is 0 Å². The smallest absolute Gasteiger partial charge is 0.329 e. The van der Waals surface area contributed by atoms with Crippen LogP contribution >= 0.6 is 0 Å². The molecule has 0 aliphatic carbocycles. The molecule has 0 aromatic carbocycles. The van der Waals surface area contributed by atoms with Gasteiger partial charge in [-0.3, -0.25) is 4.79 Å². The van der Waals surface area contributed by atoms with Crippen LogP contribution in [0.25, 0.3) is 0 Å². The first kappa shape index (κ1) is 20.8. The van der Waals surface area contributed by atoms with Crippen LogP contribution in [0.5, 0.6) is 0 Å². The Morgan fingerprint density at radius 2 is 1.58 bits per heavy atom. The normalized spacial score (nSPS) is 20.8. The van der Waals surface area contributed by atoms with Gasteiger partial charge in [0.1, 0.15) is 25.4 Å². The second-order valence-corrected chi connectivity index (χ2v) is 5.72. The summed E-state index contributed by atoms with van der Waals surface area (Å²) < 4.78 is 21.6. The van der Waals surface area contributed by atoms with E-state index in [0.29, 0.717) is 13.2 Å². The van der Waals surface area contributed by atoms with E-state index < -0.39 is 5.97 Å². The van der Waals surface area contributed by atoms with Crippen molar-refractivity contribution in [3.63, 3.8) is 0 Å². The summed E-state index contributed by atoms with van der Waals surface area (Å²) in [6.07, 6.45) is 1.24. The van der Waals surface area contributed by atoms with Crippen molar-refractivity contribution in [2.45, 2.75) is 38.9 Å². The molecule has 1 aliphatic heterocycles. The minimum atomic E-state index is -1.02. The van der Waals surface area contributed by atoms with E-state index in [2.05, 4.69) is 0 Å². The highest BCUT2D eigenvalue weighted by Gasteiger charge is 2.24. The topological polar surface area (TPSA) is 94.5 Å². The van der Waals surface area contributed by atoms with Crippen molar-refractivity contribution in [1.82, 2.24) is 4.90 Å². The van der Waals surface area contributed by atoms with Crippen LogP contribution in [0.4, 0.5) is 0 Å². The van der Waals surface area contributed by atoms with E-state index in [0.717, 1.165) is 25.9 Å². The maximum Gasteiger partial charge on any atom is 0.329 e. The van der Waals surface area contributed by atoms with Gasteiger partial charge in [0.15, 0.2) is 0 Å². The maximum absolute atomic E-state index is 12.1. The van der Waals surface area contributed by atoms with Crippen LogP contribution in [-0.4, -0.2) is 86.8 Å². The van der Waals surface area contributed by atoms with E-state index in [1.807, 2.05) is 13.8 Å². The van der Waals surface area contributed by atoms with Crippen molar-refractivity contribution >= 4 is 11.9 Å². The summed E-state index contributed by atoms with van der Waals surface area (Å²) in [5.41, 5.74) is 0. The zero-order valence-corrected chi connectivity index (χ0v) is 14.6. The number of carbonyl (C=O) groups excluding carboxylic acids is 1. The summed E-state index contributed by atoms with van der Waals surface area (Å²) in [6, 6.07) is 0. The third kappa shape index (κ3) is 8.58. The number of amides is 1. The number of carboxylic acids is 1. The van der Waals surface area contributed by atoms with Crippen molar-refractivity contribution in [1.29, 1.82) is 0 Å². The molecule has 1 fully saturated rings. The minimum Gasteiger partial charge on any atom is -0.480 e. The van der Waals surface area contributed by atoms with E-state index in [1.165, 1.54) is 0 Å². The first-order chi connectivity index (χ1) is 11.6. The highest BCUT2D eigenvalue weighted by atomic mass is 16.6. The lowest BCUT2D eigenvalue weighted by Crippen LogP contribution is -2.42.